The quantitative estimate of drug-likeness (QED) is 0.342. The first-order valence-electron chi connectivity index (χ1n) is 10.8. The van der Waals surface area contributed by atoms with E-state index < -0.39 is 11.9 Å². The van der Waals surface area contributed by atoms with Crippen molar-refractivity contribution in [3.05, 3.63) is 76.3 Å². The van der Waals surface area contributed by atoms with Gasteiger partial charge in [0.15, 0.2) is 0 Å². The number of rotatable bonds is 6. The Bertz CT molecular complexity index is 1110. The lowest BCUT2D eigenvalue weighted by molar-refractivity contribution is 0.0683. The third kappa shape index (κ3) is 4.48. The Morgan fingerprint density at radius 1 is 0.774 bits per heavy atom. The normalized spacial score (nSPS) is 11.5. The lowest BCUT2D eigenvalue weighted by Crippen LogP contribution is -2.18. The third-order valence-corrected chi connectivity index (χ3v) is 5.64. The molecule has 0 spiro atoms. The average Bonchev–Trinajstić information content (AvgIpc) is 2.71. The Morgan fingerprint density at radius 2 is 1.35 bits per heavy atom. The first-order chi connectivity index (χ1) is 14.6. The van der Waals surface area contributed by atoms with Crippen molar-refractivity contribution in [2.24, 2.45) is 0 Å². The molecule has 0 heterocycles. The fourth-order valence-corrected chi connectivity index (χ4v) is 3.90. The van der Waals surface area contributed by atoms with E-state index in [1.165, 1.54) is 5.56 Å². The molecule has 4 nitrogen and oxygen atoms in total. The van der Waals surface area contributed by atoms with Gasteiger partial charge in [-0.2, -0.15) is 0 Å². The molecule has 0 unspecified atom stereocenters. The van der Waals surface area contributed by atoms with E-state index in [1.807, 2.05) is 12.1 Å². The minimum Gasteiger partial charge on any atom is -0.478 e. The molecule has 0 saturated carbocycles. The molecule has 162 valence electrons. The topological polar surface area (TPSA) is 63.6 Å². The molecule has 31 heavy (non-hydrogen) atoms. The zero-order valence-electron chi connectivity index (χ0n) is 19.0. The Labute approximate surface area is 183 Å². The summed E-state index contributed by atoms with van der Waals surface area (Å²) in [6.07, 6.45) is 0. The minimum atomic E-state index is -1.12. The van der Waals surface area contributed by atoms with E-state index >= 15 is 0 Å². The molecule has 0 aliphatic rings. The number of ether oxygens (including phenoxy) is 1. The molecular weight excluding hydrogens is 388 g/mol. The highest BCUT2D eigenvalue weighted by Gasteiger charge is 2.26. The van der Waals surface area contributed by atoms with Crippen LogP contribution in [0.5, 0.6) is 5.75 Å². The lowest BCUT2D eigenvalue weighted by Gasteiger charge is -2.22. The molecule has 0 bridgehead atoms. The number of carboxylic acid groups (broad SMARTS) is 1. The molecule has 3 aromatic rings. The molecule has 0 saturated heterocycles. The van der Waals surface area contributed by atoms with Crippen molar-refractivity contribution in [3.8, 4) is 5.75 Å². The van der Waals surface area contributed by atoms with Crippen LogP contribution in [0.25, 0.3) is 10.8 Å². The SMILES string of the molecule is CC(C)c1cc(C(C)C)c(C(=O)Oc2ccc3ccccc3c2C(=O)O)c(C(C)C)c1. The zero-order chi connectivity index (χ0) is 22.9. The van der Waals surface area contributed by atoms with Crippen LogP contribution in [0.15, 0.2) is 48.5 Å². The fourth-order valence-electron chi connectivity index (χ4n) is 3.90. The van der Waals surface area contributed by atoms with Gasteiger partial charge in [-0.15, -0.1) is 0 Å². The van der Waals surface area contributed by atoms with Crippen molar-refractivity contribution in [1.82, 2.24) is 0 Å². The molecule has 0 fully saturated rings. The first kappa shape index (κ1) is 22.5. The van der Waals surface area contributed by atoms with Crippen LogP contribution in [-0.2, 0) is 0 Å². The number of carboxylic acids is 1. The number of aromatic carboxylic acids is 1. The highest BCUT2D eigenvalue weighted by atomic mass is 16.5. The number of hydrogen-bond acceptors (Lipinski definition) is 3. The Morgan fingerprint density at radius 3 is 1.87 bits per heavy atom. The van der Waals surface area contributed by atoms with Crippen molar-refractivity contribution in [2.75, 3.05) is 0 Å². The van der Waals surface area contributed by atoms with Gasteiger partial charge < -0.3 is 9.84 Å². The second-order valence-electron chi connectivity index (χ2n) is 8.89. The molecule has 3 rings (SSSR count). The van der Waals surface area contributed by atoms with Gasteiger partial charge in [0.25, 0.3) is 0 Å². The Kier molecular flexibility index (Phi) is 6.49. The van der Waals surface area contributed by atoms with Crippen molar-refractivity contribution in [3.63, 3.8) is 0 Å². The highest BCUT2D eigenvalue weighted by Crippen LogP contribution is 2.34. The number of esters is 1. The molecular formula is C27H30O4. The van der Waals surface area contributed by atoms with Crippen LogP contribution in [0, 0.1) is 0 Å². The molecule has 0 amide bonds. The van der Waals surface area contributed by atoms with E-state index in [9.17, 15) is 14.7 Å². The van der Waals surface area contributed by atoms with E-state index in [-0.39, 0.29) is 23.1 Å². The number of carbonyl (C=O) groups is 2. The third-order valence-electron chi connectivity index (χ3n) is 5.64. The van der Waals surface area contributed by atoms with Crippen LogP contribution in [0.1, 0.15) is 96.7 Å². The highest BCUT2D eigenvalue weighted by molar-refractivity contribution is 6.07. The van der Waals surface area contributed by atoms with Gasteiger partial charge in [-0.1, -0.05) is 84.0 Å². The maximum Gasteiger partial charge on any atom is 0.344 e. The van der Waals surface area contributed by atoms with Gasteiger partial charge in [0.1, 0.15) is 11.3 Å². The summed E-state index contributed by atoms with van der Waals surface area (Å²) in [7, 11) is 0. The Hall–Kier alpha value is -3.14. The van der Waals surface area contributed by atoms with E-state index in [0.29, 0.717) is 16.9 Å². The number of benzene rings is 3. The summed E-state index contributed by atoms with van der Waals surface area (Å²) in [6.45, 7) is 12.5. The molecule has 0 atom stereocenters. The zero-order valence-corrected chi connectivity index (χ0v) is 19.0. The molecule has 4 heteroatoms. The van der Waals surface area contributed by atoms with Crippen LogP contribution in [0.2, 0.25) is 0 Å². The predicted octanol–water partition coefficient (Wildman–Crippen LogP) is 7.13. The van der Waals surface area contributed by atoms with Gasteiger partial charge in [-0.25, -0.2) is 9.59 Å². The van der Waals surface area contributed by atoms with Gasteiger partial charge in [0.05, 0.1) is 5.56 Å². The van der Waals surface area contributed by atoms with Crippen LogP contribution in [-0.4, -0.2) is 17.0 Å². The fraction of sp³-hybridized carbons (Fsp3) is 0.333. The molecule has 1 N–H and O–H groups in total. The van der Waals surface area contributed by atoms with Gasteiger partial charge in [0, 0.05) is 0 Å². The summed E-state index contributed by atoms with van der Waals surface area (Å²) in [6, 6.07) is 14.7. The first-order valence-corrected chi connectivity index (χ1v) is 10.8. The molecule has 0 aliphatic heterocycles. The van der Waals surface area contributed by atoms with E-state index in [4.69, 9.17) is 4.74 Å². The van der Waals surface area contributed by atoms with E-state index in [0.717, 1.165) is 16.5 Å². The van der Waals surface area contributed by atoms with Crippen molar-refractivity contribution in [2.45, 2.75) is 59.3 Å². The van der Waals surface area contributed by atoms with Crippen LogP contribution in [0.4, 0.5) is 0 Å². The summed E-state index contributed by atoms with van der Waals surface area (Å²) in [5.41, 5.74) is 3.58. The minimum absolute atomic E-state index is 0.00226. The molecule has 3 aromatic carbocycles. The van der Waals surface area contributed by atoms with Crippen LogP contribution < -0.4 is 4.74 Å². The molecule has 0 aromatic heterocycles. The monoisotopic (exact) mass is 418 g/mol. The summed E-state index contributed by atoms with van der Waals surface area (Å²) in [5, 5.41) is 11.2. The van der Waals surface area contributed by atoms with Crippen molar-refractivity contribution in [1.29, 1.82) is 0 Å². The van der Waals surface area contributed by atoms with Crippen LogP contribution in [0.3, 0.4) is 0 Å². The summed E-state index contributed by atoms with van der Waals surface area (Å²) >= 11 is 0. The van der Waals surface area contributed by atoms with Gasteiger partial charge in [-0.05, 0) is 51.3 Å². The smallest absolute Gasteiger partial charge is 0.344 e. The van der Waals surface area contributed by atoms with Gasteiger partial charge >= 0.3 is 11.9 Å². The number of carbonyl (C=O) groups excluding carboxylic acids is 1. The summed E-state index contributed by atoms with van der Waals surface area (Å²) < 4.78 is 5.76. The van der Waals surface area contributed by atoms with Crippen molar-refractivity contribution >= 4 is 22.7 Å². The second kappa shape index (κ2) is 8.93. The van der Waals surface area contributed by atoms with Crippen LogP contribution >= 0.6 is 0 Å². The standard InChI is InChI=1S/C27H30O4/c1-15(2)19-13-21(16(3)4)24(22(14-19)17(5)6)27(30)31-23-12-11-18-9-7-8-10-20(18)25(23)26(28)29/h7-17H,1-6H3,(H,28,29). The predicted molar refractivity (Wildman–Crippen MR) is 125 cm³/mol. The maximum absolute atomic E-state index is 13.4. The molecule has 0 radical (unpaired) electrons. The van der Waals surface area contributed by atoms with Gasteiger partial charge in [0.2, 0.25) is 0 Å². The average molecular weight is 419 g/mol. The lowest BCUT2D eigenvalue weighted by atomic mass is 9.84. The number of hydrogen-bond donors (Lipinski definition) is 1. The van der Waals surface area contributed by atoms with Crippen molar-refractivity contribution < 1.29 is 19.4 Å². The summed E-state index contributed by atoms with van der Waals surface area (Å²) in [4.78, 5) is 25.5. The number of fused-ring (bicyclic) bond motifs is 1. The Balaban J connectivity index is 2.16. The largest absolute Gasteiger partial charge is 0.478 e. The summed E-state index contributed by atoms with van der Waals surface area (Å²) in [5.74, 6) is -1.00. The molecule has 0 aliphatic carbocycles. The maximum atomic E-state index is 13.4. The second-order valence-corrected chi connectivity index (χ2v) is 8.89. The van der Waals surface area contributed by atoms with E-state index in [1.54, 1.807) is 24.3 Å². The van der Waals surface area contributed by atoms with E-state index in [2.05, 4.69) is 53.7 Å². The van der Waals surface area contributed by atoms with Gasteiger partial charge in [-0.3, -0.25) is 0 Å².